The molecule has 0 N–H and O–H groups in total. The van der Waals surface area contributed by atoms with Gasteiger partial charge in [-0.1, -0.05) is 13.8 Å². The molecule has 3 atom stereocenters. The van der Waals surface area contributed by atoms with Gasteiger partial charge in [-0.3, -0.25) is 9.69 Å². The monoisotopic (exact) mass is 578 g/mol. The molecule has 5 heterocycles. The van der Waals surface area contributed by atoms with Gasteiger partial charge in [0.25, 0.3) is 0 Å². The topological polar surface area (TPSA) is 136 Å². The van der Waals surface area contributed by atoms with Gasteiger partial charge in [-0.25, -0.2) is 28.4 Å². The number of hydrogen-bond acceptors (Lipinski definition) is 10. The first-order chi connectivity index (χ1) is 18.5. The quantitative estimate of drug-likeness (QED) is 0.535. The zero-order valence-corrected chi connectivity index (χ0v) is 23.5. The van der Waals surface area contributed by atoms with Gasteiger partial charge >= 0.3 is 6.18 Å². The fourth-order valence-electron chi connectivity index (χ4n) is 5.73. The van der Waals surface area contributed by atoms with Gasteiger partial charge in [0.1, 0.15) is 34.3 Å². The predicted octanol–water partition coefficient (Wildman–Crippen LogP) is 2.59. The van der Waals surface area contributed by atoms with Crippen LogP contribution in [-0.2, 0) is 26.2 Å². The van der Waals surface area contributed by atoms with Gasteiger partial charge < -0.3 is 9.80 Å². The Bertz CT molecular complexity index is 1540. The number of piperazine rings is 1. The molecule has 40 heavy (non-hydrogen) atoms. The van der Waals surface area contributed by atoms with E-state index in [1.54, 1.807) is 4.90 Å². The SMILES string of the molecule is C[C@@H]1CN(c2ncnc3c2C(C)(C)CN3c2ncc(C#N)c(C(F)(F)F)n2)[C@@H](C)CN1C(=O)C1(C)CCS1(=O)=O. The molecular weight excluding hydrogens is 549 g/mol. The van der Waals surface area contributed by atoms with Crippen LogP contribution in [0, 0.1) is 11.3 Å². The molecule has 2 aromatic heterocycles. The first-order valence-electron chi connectivity index (χ1n) is 12.8. The summed E-state index contributed by atoms with van der Waals surface area (Å²) in [6, 6.07) is 0.934. The standard InChI is InChI=1S/C25H29F3N8O3S/c1-14-11-35(21(37)24(5)6-7-40(24,38)39)15(2)10-34(14)19-17-20(32-13-31-19)36(12-23(17,3)4)22-30-9-16(8-29)18(33-22)25(26,27)28/h9,13-15H,6-7,10-12H2,1-5H3/t14-,15+,24?/m0/s1. The van der Waals surface area contributed by atoms with Crippen LogP contribution in [0.15, 0.2) is 12.5 Å². The maximum absolute atomic E-state index is 13.6. The second-order valence-electron chi connectivity index (χ2n) is 11.5. The van der Waals surface area contributed by atoms with Crippen molar-refractivity contribution in [3.05, 3.63) is 29.3 Å². The summed E-state index contributed by atoms with van der Waals surface area (Å²) in [4.78, 5) is 35.2. The number of fused-ring (bicyclic) bond motifs is 1. The molecule has 5 rings (SSSR count). The molecular formula is C25H29F3N8O3S. The van der Waals surface area contributed by atoms with Crippen LogP contribution in [0.5, 0.6) is 0 Å². The molecule has 0 aromatic carbocycles. The van der Waals surface area contributed by atoms with Crippen molar-refractivity contribution in [1.29, 1.82) is 5.26 Å². The third kappa shape index (κ3) is 4.15. The summed E-state index contributed by atoms with van der Waals surface area (Å²) in [5.41, 5.74) is -1.91. The number of hydrogen-bond donors (Lipinski definition) is 0. The van der Waals surface area contributed by atoms with Crippen molar-refractivity contribution in [2.75, 3.05) is 35.2 Å². The first-order valence-corrected chi connectivity index (χ1v) is 14.4. The number of nitrogens with zero attached hydrogens (tertiary/aromatic N) is 8. The van der Waals surface area contributed by atoms with Crippen molar-refractivity contribution in [2.24, 2.45) is 0 Å². The Labute approximate surface area is 230 Å². The van der Waals surface area contributed by atoms with Crippen LogP contribution in [0.1, 0.15) is 57.9 Å². The maximum Gasteiger partial charge on any atom is 0.434 e. The third-order valence-electron chi connectivity index (χ3n) is 8.21. The average Bonchev–Trinajstić information content (AvgIpc) is 3.18. The number of carbonyl (C=O) groups excluding carboxylic acids is 1. The highest BCUT2D eigenvalue weighted by Crippen LogP contribution is 2.47. The van der Waals surface area contributed by atoms with Gasteiger partial charge in [-0.15, -0.1) is 0 Å². The molecule has 2 saturated heterocycles. The molecule has 0 bridgehead atoms. The fraction of sp³-hybridized carbons (Fsp3) is 0.600. The lowest BCUT2D eigenvalue weighted by molar-refractivity contribution is -0.141. The predicted molar refractivity (Wildman–Crippen MR) is 139 cm³/mol. The number of alkyl halides is 3. The van der Waals surface area contributed by atoms with E-state index in [9.17, 15) is 26.4 Å². The second kappa shape index (κ2) is 8.98. The lowest BCUT2D eigenvalue weighted by Gasteiger charge is -2.49. The molecule has 214 valence electrons. The van der Waals surface area contributed by atoms with Gasteiger partial charge in [0.05, 0.1) is 11.9 Å². The summed E-state index contributed by atoms with van der Waals surface area (Å²) in [5, 5.41) is 9.12. The summed E-state index contributed by atoms with van der Waals surface area (Å²) in [7, 11) is -3.48. The number of nitriles is 1. The minimum atomic E-state index is -4.84. The molecule has 0 aliphatic carbocycles. The van der Waals surface area contributed by atoms with Crippen LogP contribution in [0.4, 0.5) is 30.8 Å². The summed E-state index contributed by atoms with van der Waals surface area (Å²) in [6.45, 7) is 9.96. The molecule has 2 aromatic rings. The van der Waals surface area contributed by atoms with Crippen LogP contribution < -0.4 is 9.80 Å². The highest BCUT2D eigenvalue weighted by Gasteiger charge is 2.57. The number of carbonyl (C=O) groups is 1. The number of anilines is 3. The smallest absolute Gasteiger partial charge is 0.350 e. The van der Waals surface area contributed by atoms with E-state index in [2.05, 4.69) is 19.9 Å². The number of sulfone groups is 1. The van der Waals surface area contributed by atoms with Crippen LogP contribution in [0.25, 0.3) is 0 Å². The number of rotatable bonds is 3. The van der Waals surface area contributed by atoms with Gasteiger partial charge in [0, 0.05) is 42.7 Å². The minimum Gasteiger partial charge on any atom is -0.350 e. The van der Waals surface area contributed by atoms with E-state index >= 15 is 0 Å². The molecule has 1 unspecified atom stereocenters. The van der Waals surface area contributed by atoms with Crippen molar-refractivity contribution in [3.8, 4) is 6.07 Å². The Hall–Kier alpha value is -3.54. The largest absolute Gasteiger partial charge is 0.434 e. The highest BCUT2D eigenvalue weighted by molar-refractivity contribution is 7.95. The molecule has 3 aliphatic heterocycles. The molecule has 2 fully saturated rings. The van der Waals surface area contributed by atoms with E-state index in [-0.39, 0.29) is 36.9 Å². The van der Waals surface area contributed by atoms with Crippen molar-refractivity contribution >= 4 is 33.3 Å². The number of amides is 1. The van der Waals surface area contributed by atoms with Crippen molar-refractivity contribution in [1.82, 2.24) is 24.8 Å². The van der Waals surface area contributed by atoms with Gasteiger partial charge in [-0.2, -0.15) is 18.4 Å². The van der Waals surface area contributed by atoms with Crippen LogP contribution in [0.2, 0.25) is 0 Å². The van der Waals surface area contributed by atoms with Crippen LogP contribution >= 0.6 is 0 Å². The Kier molecular flexibility index (Phi) is 6.29. The van der Waals surface area contributed by atoms with Gasteiger partial charge in [0.15, 0.2) is 15.5 Å². The zero-order chi connectivity index (χ0) is 29.4. The molecule has 11 nitrogen and oxygen atoms in total. The summed E-state index contributed by atoms with van der Waals surface area (Å²) in [5.74, 6) is 0.325. The van der Waals surface area contributed by atoms with Gasteiger partial charge in [0.2, 0.25) is 11.9 Å². The maximum atomic E-state index is 13.6. The van der Waals surface area contributed by atoms with E-state index in [4.69, 9.17) is 5.26 Å². The summed E-state index contributed by atoms with van der Waals surface area (Å²) in [6.07, 6.45) is -2.35. The van der Waals surface area contributed by atoms with Crippen LogP contribution in [-0.4, -0.2) is 81.4 Å². The normalized spacial score (nSPS) is 27.1. The third-order valence-corrected chi connectivity index (χ3v) is 10.7. The number of aromatic nitrogens is 4. The van der Waals surface area contributed by atoms with E-state index in [0.29, 0.717) is 30.2 Å². The van der Waals surface area contributed by atoms with Crippen molar-refractivity contribution < 1.29 is 26.4 Å². The molecule has 0 radical (unpaired) electrons. The lowest BCUT2D eigenvalue weighted by Crippen LogP contribution is -2.66. The molecule has 3 aliphatic rings. The second-order valence-corrected chi connectivity index (χ2v) is 14.1. The highest BCUT2D eigenvalue weighted by atomic mass is 32.2. The Morgan fingerprint density at radius 2 is 1.77 bits per heavy atom. The summed E-state index contributed by atoms with van der Waals surface area (Å²) < 4.78 is 64.2. The molecule has 15 heteroatoms. The Balaban J connectivity index is 1.49. The summed E-state index contributed by atoms with van der Waals surface area (Å²) >= 11 is 0. The van der Waals surface area contributed by atoms with E-state index in [0.717, 1.165) is 6.20 Å². The van der Waals surface area contributed by atoms with E-state index < -0.39 is 43.3 Å². The number of halogens is 3. The van der Waals surface area contributed by atoms with Crippen molar-refractivity contribution in [3.63, 3.8) is 0 Å². The van der Waals surface area contributed by atoms with E-state index in [1.165, 1.54) is 24.2 Å². The van der Waals surface area contributed by atoms with Crippen molar-refractivity contribution in [2.45, 2.75) is 69.5 Å². The first kappa shape index (κ1) is 28.0. The molecule has 0 spiro atoms. The Morgan fingerprint density at radius 1 is 1.10 bits per heavy atom. The fourth-order valence-corrected chi connectivity index (χ4v) is 7.27. The van der Waals surface area contributed by atoms with E-state index in [1.807, 2.05) is 32.6 Å². The Morgan fingerprint density at radius 3 is 2.35 bits per heavy atom. The van der Waals surface area contributed by atoms with Crippen LogP contribution in [0.3, 0.4) is 0 Å². The van der Waals surface area contributed by atoms with Gasteiger partial charge in [-0.05, 0) is 27.2 Å². The average molecular weight is 579 g/mol. The minimum absolute atomic E-state index is 0.00517. The zero-order valence-electron chi connectivity index (χ0n) is 22.7. The lowest BCUT2D eigenvalue weighted by atomic mass is 9.87. The molecule has 0 saturated carbocycles. The molecule has 1 amide bonds.